The Balaban J connectivity index is 2.28. The van der Waals surface area contributed by atoms with E-state index >= 15 is 0 Å². The van der Waals surface area contributed by atoms with Gasteiger partial charge < -0.3 is 5.11 Å². The lowest BCUT2D eigenvalue weighted by molar-refractivity contribution is 0.0697. The second-order valence-electron chi connectivity index (χ2n) is 4.25. The Morgan fingerprint density at radius 1 is 1.38 bits per heavy atom. The Morgan fingerprint density at radius 2 is 2.05 bits per heavy atom. The van der Waals surface area contributed by atoms with Crippen molar-refractivity contribution in [1.82, 2.24) is 9.29 Å². The maximum Gasteiger partial charge on any atom is 0.336 e. The van der Waals surface area contributed by atoms with Crippen molar-refractivity contribution in [3.05, 3.63) is 47.1 Å². The monoisotopic (exact) mass is 326 g/mol. The molecular formula is C13H14N2O4S2. The molecule has 0 atom stereocenters. The van der Waals surface area contributed by atoms with Crippen molar-refractivity contribution < 1.29 is 18.3 Å². The van der Waals surface area contributed by atoms with E-state index in [0.717, 1.165) is 16.9 Å². The van der Waals surface area contributed by atoms with E-state index in [2.05, 4.69) is 4.98 Å². The molecular weight excluding hydrogens is 312 g/mol. The number of carboxylic acid groups (broad SMARTS) is 1. The van der Waals surface area contributed by atoms with E-state index in [1.54, 1.807) is 31.5 Å². The number of thiophene rings is 1. The molecule has 0 fully saturated rings. The first-order valence-electron chi connectivity index (χ1n) is 6.16. The molecule has 8 heteroatoms. The summed E-state index contributed by atoms with van der Waals surface area (Å²) in [6, 6.07) is 4.68. The SMILES string of the molecule is CCN(Cc1ccncc1)S(=O)(=O)c1cc(C(=O)O)cs1. The third kappa shape index (κ3) is 3.46. The number of nitrogens with zero attached hydrogens (tertiary/aromatic N) is 2. The summed E-state index contributed by atoms with van der Waals surface area (Å²) in [6.07, 6.45) is 3.20. The molecule has 0 aliphatic heterocycles. The van der Waals surface area contributed by atoms with Crippen molar-refractivity contribution in [3.63, 3.8) is 0 Å². The zero-order valence-corrected chi connectivity index (χ0v) is 12.9. The molecule has 0 aliphatic rings. The van der Waals surface area contributed by atoms with Gasteiger partial charge in [-0.2, -0.15) is 4.31 Å². The van der Waals surface area contributed by atoms with Crippen LogP contribution in [0.25, 0.3) is 0 Å². The molecule has 0 radical (unpaired) electrons. The van der Waals surface area contributed by atoms with E-state index in [0.29, 0.717) is 6.54 Å². The van der Waals surface area contributed by atoms with Crippen molar-refractivity contribution in [2.24, 2.45) is 0 Å². The van der Waals surface area contributed by atoms with Crippen LogP contribution in [0.15, 0.2) is 40.2 Å². The van der Waals surface area contributed by atoms with Crippen molar-refractivity contribution in [2.75, 3.05) is 6.54 Å². The average Bonchev–Trinajstić information content (AvgIpc) is 2.96. The van der Waals surface area contributed by atoms with Gasteiger partial charge in [0, 0.05) is 30.9 Å². The van der Waals surface area contributed by atoms with Gasteiger partial charge in [-0.3, -0.25) is 4.98 Å². The van der Waals surface area contributed by atoms with Crippen LogP contribution in [-0.2, 0) is 16.6 Å². The van der Waals surface area contributed by atoms with Crippen LogP contribution in [0, 0.1) is 0 Å². The topological polar surface area (TPSA) is 87.6 Å². The van der Waals surface area contributed by atoms with Crippen LogP contribution in [0.2, 0.25) is 0 Å². The number of aromatic nitrogens is 1. The zero-order chi connectivity index (χ0) is 15.5. The first-order valence-corrected chi connectivity index (χ1v) is 8.48. The third-order valence-corrected chi connectivity index (χ3v) is 6.21. The van der Waals surface area contributed by atoms with Gasteiger partial charge in [0.15, 0.2) is 0 Å². The van der Waals surface area contributed by atoms with Crippen molar-refractivity contribution in [1.29, 1.82) is 0 Å². The molecule has 2 aromatic heterocycles. The minimum atomic E-state index is -3.69. The van der Waals surface area contributed by atoms with Crippen LogP contribution < -0.4 is 0 Å². The zero-order valence-electron chi connectivity index (χ0n) is 11.3. The van der Waals surface area contributed by atoms with Crippen LogP contribution in [0.5, 0.6) is 0 Å². The Hall–Kier alpha value is -1.77. The van der Waals surface area contributed by atoms with Gasteiger partial charge in [0.2, 0.25) is 0 Å². The molecule has 0 saturated carbocycles. The van der Waals surface area contributed by atoms with Crippen molar-refractivity contribution >= 4 is 27.3 Å². The van der Waals surface area contributed by atoms with E-state index in [1.165, 1.54) is 15.8 Å². The van der Waals surface area contributed by atoms with E-state index in [-0.39, 0.29) is 16.3 Å². The van der Waals surface area contributed by atoms with E-state index in [9.17, 15) is 13.2 Å². The molecule has 0 amide bonds. The molecule has 0 unspecified atom stereocenters. The number of aromatic carboxylic acids is 1. The van der Waals surface area contributed by atoms with Crippen LogP contribution in [0.3, 0.4) is 0 Å². The third-order valence-electron chi connectivity index (χ3n) is 2.88. The number of hydrogen-bond acceptors (Lipinski definition) is 5. The highest BCUT2D eigenvalue weighted by molar-refractivity contribution is 7.91. The molecule has 1 N–H and O–H groups in total. The summed E-state index contributed by atoms with van der Waals surface area (Å²) in [5, 5.41) is 10.2. The predicted molar refractivity (Wildman–Crippen MR) is 78.8 cm³/mol. The quantitative estimate of drug-likeness (QED) is 0.878. The maximum absolute atomic E-state index is 12.5. The van der Waals surface area contributed by atoms with Gasteiger partial charge in [-0.1, -0.05) is 6.92 Å². The van der Waals surface area contributed by atoms with Gasteiger partial charge >= 0.3 is 5.97 Å². The van der Waals surface area contributed by atoms with Gasteiger partial charge in [-0.25, -0.2) is 13.2 Å². The summed E-state index contributed by atoms with van der Waals surface area (Å²) >= 11 is 0.916. The predicted octanol–water partition coefficient (Wildman–Crippen LogP) is 2.05. The second-order valence-corrected chi connectivity index (χ2v) is 7.32. The fourth-order valence-corrected chi connectivity index (χ4v) is 4.49. The lowest BCUT2D eigenvalue weighted by Crippen LogP contribution is -2.29. The summed E-state index contributed by atoms with van der Waals surface area (Å²) in [5.41, 5.74) is 0.809. The van der Waals surface area contributed by atoms with Crippen LogP contribution in [0.1, 0.15) is 22.8 Å². The maximum atomic E-state index is 12.5. The van der Waals surface area contributed by atoms with Crippen LogP contribution in [-0.4, -0.2) is 35.3 Å². The highest BCUT2D eigenvalue weighted by Gasteiger charge is 2.26. The smallest absolute Gasteiger partial charge is 0.336 e. The number of rotatable bonds is 6. The summed E-state index contributed by atoms with van der Waals surface area (Å²) in [6.45, 7) is 2.26. The number of pyridine rings is 1. The molecule has 0 aliphatic carbocycles. The van der Waals surface area contributed by atoms with E-state index in [1.807, 2.05) is 0 Å². The molecule has 6 nitrogen and oxygen atoms in total. The summed E-state index contributed by atoms with van der Waals surface area (Å²) < 4.78 is 26.4. The van der Waals surface area contributed by atoms with Gasteiger partial charge in [0.1, 0.15) is 4.21 Å². The lowest BCUT2D eigenvalue weighted by Gasteiger charge is -2.19. The normalized spacial score (nSPS) is 11.7. The molecule has 0 saturated heterocycles. The molecule has 2 rings (SSSR count). The first kappa shape index (κ1) is 15.6. The highest BCUT2D eigenvalue weighted by Crippen LogP contribution is 2.25. The average molecular weight is 326 g/mol. The van der Waals surface area contributed by atoms with Crippen molar-refractivity contribution in [2.45, 2.75) is 17.7 Å². The fourth-order valence-electron chi connectivity index (χ4n) is 1.75. The Bertz CT molecular complexity index is 726. The fraction of sp³-hybridized carbons (Fsp3) is 0.231. The summed E-state index contributed by atoms with van der Waals surface area (Å²) in [4.78, 5) is 14.8. The number of carbonyl (C=O) groups is 1. The lowest BCUT2D eigenvalue weighted by atomic mass is 10.3. The molecule has 21 heavy (non-hydrogen) atoms. The first-order chi connectivity index (χ1) is 9.95. The Labute approximate surface area is 126 Å². The van der Waals surface area contributed by atoms with Gasteiger partial charge in [0.05, 0.1) is 5.56 Å². The van der Waals surface area contributed by atoms with E-state index < -0.39 is 16.0 Å². The molecule has 112 valence electrons. The van der Waals surface area contributed by atoms with E-state index in [4.69, 9.17) is 5.11 Å². The van der Waals surface area contributed by atoms with Crippen LogP contribution >= 0.6 is 11.3 Å². The Morgan fingerprint density at radius 3 is 2.57 bits per heavy atom. The van der Waals surface area contributed by atoms with Gasteiger partial charge in [0.25, 0.3) is 10.0 Å². The molecule has 0 aromatic carbocycles. The minimum Gasteiger partial charge on any atom is -0.478 e. The molecule has 0 bridgehead atoms. The highest BCUT2D eigenvalue weighted by atomic mass is 32.2. The van der Waals surface area contributed by atoms with Gasteiger partial charge in [-0.05, 0) is 23.8 Å². The largest absolute Gasteiger partial charge is 0.478 e. The molecule has 2 aromatic rings. The standard InChI is InChI=1S/C13H14N2O4S2/c1-2-15(8-10-3-5-14-6-4-10)21(18,19)12-7-11(9-20-12)13(16)17/h3-7,9H,2,8H2,1H3,(H,16,17). The van der Waals surface area contributed by atoms with Crippen LogP contribution in [0.4, 0.5) is 0 Å². The number of hydrogen-bond donors (Lipinski definition) is 1. The van der Waals surface area contributed by atoms with Crippen molar-refractivity contribution in [3.8, 4) is 0 Å². The second kappa shape index (κ2) is 6.33. The number of sulfonamides is 1. The van der Waals surface area contributed by atoms with Gasteiger partial charge in [-0.15, -0.1) is 11.3 Å². The number of carboxylic acids is 1. The molecule has 0 spiro atoms. The summed E-state index contributed by atoms with van der Waals surface area (Å²) in [5.74, 6) is -1.13. The summed E-state index contributed by atoms with van der Waals surface area (Å²) in [7, 11) is -3.69. The minimum absolute atomic E-state index is 0.0152. The Kier molecular flexibility index (Phi) is 4.71. The molecule has 2 heterocycles.